The maximum atomic E-state index is 12.3. The molecular weight excluding hydrogens is 260 g/mol. The Bertz CT molecular complexity index is 634. The fourth-order valence-corrected chi connectivity index (χ4v) is 1.92. The van der Waals surface area contributed by atoms with Gasteiger partial charge in [-0.15, -0.1) is 0 Å². The van der Waals surface area contributed by atoms with Gasteiger partial charge in [0.25, 0.3) is 0 Å². The Morgan fingerprint density at radius 1 is 1.00 bits per heavy atom. The number of hydrogen-bond acceptors (Lipinski definition) is 5. The molecule has 2 aromatic rings. The van der Waals surface area contributed by atoms with Gasteiger partial charge in [0.15, 0.2) is 17.3 Å². The molecule has 5 nitrogen and oxygen atoms in total. The van der Waals surface area contributed by atoms with Gasteiger partial charge in [-0.05, 0) is 6.07 Å². The molecule has 20 heavy (non-hydrogen) atoms. The van der Waals surface area contributed by atoms with Crippen LogP contribution in [0.15, 0.2) is 36.4 Å². The molecule has 0 fully saturated rings. The lowest BCUT2D eigenvalue weighted by atomic mass is 10.0. The van der Waals surface area contributed by atoms with Crippen molar-refractivity contribution >= 4 is 5.78 Å². The van der Waals surface area contributed by atoms with Gasteiger partial charge in [0.1, 0.15) is 0 Å². The van der Waals surface area contributed by atoms with Crippen molar-refractivity contribution in [2.75, 3.05) is 14.2 Å². The van der Waals surface area contributed by atoms with E-state index in [0.29, 0.717) is 5.56 Å². The van der Waals surface area contributed by atoms with Crippen LogP contribution in [0.1, 0.15) is 15.9 Å². The van der Waals surface area contributed by atoms with E-state index in [1.807, 2.05) is 0 Å². The molecule has 0 aliphatic rings. The summed E-state index contributed by atoms with van der Waals surface area (Å²) in [4.78, 5) is 12.3. The molecule has 0 aliphatic carbocycles. The van der Waals surface area contributed by atoms with Gasteiger partial charge in [-0.25, -0.2) is 0 Å². The summed E-state index contributed by atoms with van der Waals surface area (Å²) in [6.07, 6.45) is 0. The van der Waals surface area contributed by atoms with Crippen LogP contribution in [0, 0.1) is 0 Å². The first-order valence-corrected chi connectivity index (χ1v) is 5.86. The number of phenolic OH excluding ortho intramolecular Hbond substituents is 2. The Labute approximate surface area is 116 Å². The standard InChI is InChI=1S/C15H14O5/c1-19-14-11(16)8-10(13(18)15(14)20-2)12(17)9-6-4-3-5-7-9/h3-8,16,18H,1-2H3. The molecule has 5 heteroatoms. The first-order chi connectivity index (χ1) is 9.60. The number of ketones is 1. The highest BCUT2D eigenvalue weighted by Gasteiger charge is 2.23. The number of aromatic hydroxyl groups is 2. The highest BCUT2D eigenvalue weighted by atomic mass is 16.5. The van der Waals surface area contributed by atoms with E-state index < -0.39 is 5.78 Å². The molecule has 2 aromatic carbocycles. The fraction of sp³-hybridized carbons (Fsp3) is 0.133. The topological polar surface area (TPSA) is 76.0 Å². The van der Waals surface area contributed by atoms with Gasteiger partial charge < -0.3 is 19.7 Å². The number of carbonyl (C=O) groups is 1. The van der Waals surface area contributed by atoms with Gasteiger partial charge in [-0.3, -0.25) is 4.79 Å². The number of phenols is 2. The average molecular weight is 274 g/mol. The Kier molecular flexibility index (Phi) is 3.79. The summed E-state index contributed by atoms with van der Waals surface area (Å²) < 4.78 is 9.93. The summed E-state index contributed by atoms with van der Waals surface area (Å²) >= 11 is 0. The maximum absolute atomic E-state index is 12.3. The van der Waals surface area contributed by atoms with E-state index in [2.05, 4.69) is 0 Å². The van der Waals surface area contributed by atoms with Crippen molar-refractivity contribution in [2.45, 2.75) is 0 Å². The van der Waals surface area contributed by atoms with Crippen LogP contribution in [0.5, 0.6) is 23.0 Å². The first-order valence-electron chi connectivity index (χ1n) is 5.86. The molecule has 0 saturated heterocycles. The van der Waals surface area contributed by atoms with E-state index in [9.17, 15) is 15.0 Å². The monoisotopic (exact) mass is 274 g/mol. The summed E-state index contributed by atoms with van der Waals surface area (Å²) in [5.74, 6) is -1.15. The van der Waals surface area contributed by atoms with Crippen LogP contribution < -0.4 is 9.47 Å². The SMILES string of the molecule is COc1c(O)cc(C(=O)c2ccccc2)c(O)c1OC. The molecule has 2 N–H and O–H groups in total. The molecule has 0 radical (unpaired) electrons. The van der Waals surface area contributed by atoms with Crippen molar-refractivity contribution in [3.05, 3.63) is 47.5 Å². The van der Waals surface area contributed by atoms with Crippen molar-refractivity contribution in [2.24, 2.45) is 0 Å². The minimum atomic E-state index is -0.417. The predicted molar refractivity (Wildman–Crippen MR) is 72.8 cm³/mol. The summed E-state index contributed by atoms with van der Waals surface area (Å²) in [5, 5.41) is 20.0. The number of ether oxygens (including phenoxy) is 2. The van der Waals surface area contributed by atoms with E-state index in [-0.39, 0.29) is 28.6 Å². The van der Waals surface area contributed by atoms with Crippen LogP contribution in [-0.2, 0) is 0 Å². The van der Waals surface area contributed by atoms with Gasteiger partial charge in [0.05, 0.1) is 19.8 Å². The largest absolute Gasteiger partial charge is 0.504 e. The van der Waals surface area contributed by atoms with Crippen LogP contribution in [0.25, 0.3) is 0 Å². The van der Waals surface area contributed by atoms with Crippen molar-refractivity contribution in [3.63, 3.8) is 0 Å². The maximum Gasteiger partial charge on any atom is 0.207 e. The highest BCUT2D eigenvalue weighted by molar-refractivity contribution is 6.11. The number of methoxy groups -OCH3 is 2. The van der Waals surface area contributed by atoms with Crippen LogP contribution in [0.2, 0.25) is 0 Å². The van der Waals surface area contributed by atoms with Crippen molar-refractivity contribution in [1.82, 2.24) is 0 Å². The molecule has 0 saturated carbocycles. The lowest BCUT2D eigenvalue weighted by molar-refractivity contribution is 0.103. The van der Waals surface area contributed by atoms with E-state index in [1.54, 1.807) is 30.3 Å². The Hall–Kier alpha value is -2.69. The van der Waals surface area contributed by atoms with E-state index >= 15 is 0 Å². The Morgan fingerprint density at radius 2 is 1.60 bits per heavy atom. The average Bonchev–Trinajstić information content (AvgIpc) is 2.48. The molecule has 0 bridgehead atoms. The normalized spacial score (nSPS) is 10.1. The highest BCUT2D eigenvalue weighted by Crippen LogP contribution is 2.45. The third-order valence-electron chi connectivity index (χ3n) is 2.88. The van der Waals surface area contributed by atoms with Crippen LogP contribution in [0.3, 0.4) is 0 Å². The minimum Gasteiger partial charge on any atom is -0.504 e. The minimum absolute atomic E-state index is 0.0189. The summed E-state index contributed by atoms with van der Waals surface area (Å²) in [7, 11) is 2.64. The van der Waals surface area contributed by atoms with Crippen molar-refractivity contribution < 1.29 is 24.5 Å². The molecular formula is C15H14O5. The third kappa shape index (κ3) is 2.25. The lowest BCUT2D eigenvalue weighted by Crippen LogP contribution is -2.03. The van der Waals surface area contributed by atoms with E-state index in [1.165, 1.54) is 14.2 Å². The molecule has 0 aliphatic heterocycles. The molecule has 0 spiro atoms. The fourth-order valence-electron chi connectivity index (χ4n) is 1.92. The molecule has 104 valence electrons. The molecule has 0 heterocycles. The zero-order chi connectivity index (χ0) is 14.7. The number of benzene rings is 2. The van der Waals surface area contributed by atoms with Gasteiger partial charge in [-0.2, -0.15) is 0 Å². The van der Waals surface area contributed by atoms with Gasteiger partial charge in [0.2, 0.25) is 11.5 Å². The second-order valence-corrected chi connectivity index (χ2v) is 4.05. The van der Waals surface area contributed by atoms with Crippen LogP contribution >= 0.6 is 0 Å². The summed E-state index contributed by atoms with van der Waals surface area (Å²) in [6.45, 7) is 0. The molecule has 0 aromatic heterocycles. The second kappa shape index (κ2) is 5.52. The quantitative estimate of drug-likeness (QED) is 0.661. The molecule has 2 rings (SSSR count). The zero-order valence-corrected chi connectivity index (χ0v) is 11.1. The number of rotatable bonds is 4. The van der Waals surface area contributed by atoms with Crippen molar-refractivity contribution in [3.8, 4) is 23.0 Å². The van der Waals surface area contributed by atoms with E-state index in [4.69, 9.17) is 9.47 Å². The molecule has 0 unspecified atom stereocenters. The van der Waals surface area contributed by atoms with E-state index in [0.717, 1.165) is 6.07 Å². The Morgan fingerprint density at radius 3 is 2.15 bits per heavy atom. The summed E-state index contributed by atoms with van der Waals surface area (Å²) in [6, 6.07) is 9.61. The predicted octanol–water partition coefficient (Wildman–Crippen LogP) is 2.35. The number of carbonyl (C=O) groups excluding carboxylic acids is 1. The Balaban J connectivity index is 2.59. The summed E-state index contributed by atoms with van der Waals surface area (Å²) in [5.41, 5.74) is 0.348. The second-order valence-electron chi connectivity index (χ2n) is 4.05. The van der Waals surface area contributed by atoms with Crippen LogP contribution in [-0.4, -0.2) is 30.2 Å². The van der Waals surface area contributed by atoms with Gasteiger partial charge >= 0.3 is 0 Å². The molecule has 0 atom stereocenters. The lowest BCUT2D eigenvalue weighted by Gasteiger charge is -2.13. The van der Waals surface area contributed by atoms with Gasteiger partial charge in [-0.1, -0.05) is 30.3 Å². The van der Waals surface area contributed by atoms with Crippen LogP contribution in [0.4, 0.5) is 0 Å². The first kappa shape index (κ1) is 13.7. The third-order valence-corrected chi connectivity index (χ3v) is 2.88. The number of hydrogen-bond donors (Lipinski definition) is 2. The van der Waals surface area contributed by atoms with Gasteiger partial charge in [0, 0.05) is 5.56 Å². The van der Waals surface area contributed by atoms with Crippen molar-refractivity contribution in [1.29, 1.82) is 0 Å². The zero-order valence-electron chi connectivity index (χ0n) is 11.1. The molecule has 0 amide bonds. The smallest absolute Gasteiger partial charge is 0.207 e.